The summed E-state index contributed by atoms with van der Waals surface area (Å²) in [5, 5.41) is 14.4. The second-order valence-corrected chi connectivity index (χ2v) is 10.8. The Kier molecular flexibility index (Phi) is 8.67. The number of halogens is 2. The Morgan fingerprint density at radius 1 is 1.19 bits per heavy atom. The van der Waals surface area contributed by atoms with Gasteiger partial charge in [-0.05, 0) is 49.7 Å². The van der Waals surface area contributed by atoms with E-state index in [-0.39, 0.29) is 18.6 Å². The van der Waals surface area contributed by atoms with E-state index in [2.05, 4.69) is 10.3 Å². The van der Waals surface area contributed by atoms with Crippen molar-refractivity contribution < 1.29 is 27.9 Å². The Morgan fingerprint density at radius 3 is 2.44 bits per heavy atom. The van der Waals surface area contributed by atoms with Crippen LogP contribution >= 0.6 is 23.2 Å². The van der Waals surface area contributed by atoms with E-state index in [1.807, 2.05) is 13.8 Å². The van der Waals surface area contributed by atoms with E-state index in [9.17, 15) is 23.1 Å². The second kappa shape index (κ2) is 11.3. The first-order chi connectivity index (χ1) is 16.8. The fourth-order valence-electron chi connectivity index (χ4n) is 3.24. The van der Waals surface area contributed by atoms with Crippen molar-refractivity contribution in [1.29, 1.82) is 0 Å². The molecule has 36 heavy (non-hydrogen) atoms. The Balaban J connectivity index is 1.93. The van der Waals surface area contributed by atoms with Crippen LogP contribution in [0, 0.1) is 0 Å². The van der Waals surface area contributed by atoms with E-state index in [0.717, 1.165) is 11.2 Å². The lowest BCUT2D eigenvalue weighted by Crippen LogP contribution is -2.66. The Bertz CT molecular complexity index is 1270. The molecule has 0 radical (unpaired) electrons. The van der Waals surface area contributed by atoms with E-state index < -0.39 is 34.9 Å². The van der Waals surface area contributed by atoms with Gasteiger partial charge in [-0.3, -0.25) is 24.6 Å². The Morgan fingerprint density at radius 2 is 1.86 bits per heavy atom. The number of benzene rings is 2. The number of sulfonamides is 1. The topological polar surface area (TPSA) is 141 Å². The number of carbonyl (C=O) groups excluding carboxylic acids is 2. The molecule has 1 unspecified atom stereocenters. The Hall–Kier alpha value is -3.06. The van der Waals surface area contributed by atoms with Crippen LogP contribution in [0.2, 0.25) is 10.0 Å². The van der Waals surface area contributed by atoms with Crippen molar-refractivity contribution in [3.63, 3.8) is 0 Å². The van der Waals surface area contributed by atoms with E-state index in [1.165, 1.54) is 11.0 Å². The number of urea groups is 1. The molecule has 0 bridgehead atoms. The third-order valence-corrected chi connectivity index (χ3v) is 5.85. The molecule has 1 atom stereocenters. The highest BCUT2D eigenvalue weighted by Crippen LogP contribution is 2.30. The van der Waals surface area contributed by atoms with Gasteiger partial charge in [-0.2, -0.15) is 0 Å². The molecule has 0 spiro atoms. The van der Waals surface area contributed by atoms with Crippen LogP contribution in [-0.2, 0) is 21.4 Å². The lowest BCUT2D eigenvalue weighted by molar-refractivity contribution is -0.126. The molecule has 1 heterocycles. The normalized spacial score (nSPS) is 17.4. The molecule has 0 saturated carbocycles. The van der Waals surface area contributed by atoms with Gasteiger partial charge in [-0.1, -0.05) is 35.3 Å². The van der Waals surface area contributed by atoms with Crippen LogP contribution in [0.5, 0.6) is 5.75 Å². The SMILES string of the molecule is CC(C)Oc1ccc(N=C2NC(=O)N(CC(=O)NS(C)(=O)=O)C(O)N2Cc2ccc(Cl)cc2)cc1Cl. The summed E-state index contributed by atoms with van der Waals surface area (Å²) >= 11 is 12.3. The van der Waals surface area contributed by atoms with Gasteiger partial charge in [0, 0.05) is 5.02 Å². The van der Waals surface area contributed by atoms with Crippen LogP contribution in [0.4, 0.5) is 10.5 Å². The summed E-state index contributed by atoms with van der Waals surface area (Å²) in [4.78, 5) is 31.4. The zero-order chi connectivity index (χ0) is 26.6. The monoisotopic (exact) mass is 557 g/mol. The van der Waals surface area contributed by atoms with Gasteiger partial charge in [0.2, 0.25) is 22.3 Å². The Labute approximate surface area is 218 Å². The standard InChI is InChI=1S/C22H25Cl2N5O6S/c1-13(2)35-18-9-8-16(10-17(18)24)25-20-26-21(31)29(12-19(30)27-36(3,33)34)22(32)28(20)11-14-4-6-15(23)7-5-14/h4-10,13,22,32H,11-12H2,1-3H3,(H,27,30)(H,25,26,31). The third-order valence-electron chi connectivity index (χ3n) is 4.70. The minimum absolute atomic E-state index is 0.0178. The third kappa shape index (κ3) is 7.47. The number of nitrogens with one attached hydrogen (secondary N) is 2. The van der Waals surface area contributed by atoms with Crippen LogP contribution in [0.15, 0.2) is 47.5 Å². The highest BCUT2D eigenvalue weighted by molar-refractivity contribution is 7.89. The maximum absolute atomic E-state index is 12.7. The lowest BCUT2D eigenvalue weighted by atomic mass is 10.2. The lowest BCUT2D eigenvalue weighted by Gasteiger charge is -2.41. The van der Waals surface area contributed by atoms with E-state index in [0.29, 0.717) is 27.0 Å². The number of aliphatic imine (C=N–C) groups is 1. The predicted octanol–water partition coefficient (Wildman–Crippen LogP) is 2.65. The van der Waals surface area contributed by atoms with Gasteiger partial charge in [0.05, 0.1) is 29.6 Å². The molecular weight excluding hydrogens is 533 g/mol. The molecule has 2 aromatic rings. The molecule has 194 valence electrons. The van der Waals surface area contributed by atoms with E-state index >= 15 is 0 Å². The van der Waals surface area contributed by atoms with Gasteiger partial charge in [-0.15, -0.1) is 0 Å². The van der Waals surface area contributed by atoms with Crippen LogP contribution in [-0.4, -0.2) is 66.5 Å². The van der Waals surface area contributed by atoms with Gasteiger partial charge >= 0.3 is 6.03 Å². The van der Waals surface area contributed by atoms with Crippen molar-refractivity contribution in [2.45, 2.75) is 32.8 Å². The molecule has 0 aliphatic carbocycles. The van der Waals surface area contributed by atoms with E-state index in [4.69, 9.17) is 27.9 Å². The minimum atomic E-state index is -3.85. The fraction of sp³-hybridized carbons (Fsp3) is 0.318. The van der Waals surface area contributed by atoms with Crippen LogP contribution < -0.4 is 14.8 Å². The van der Waals surface area contributed by atoms with Gasteiger partial charge in [-0.25, -0.2) is 18.2 Å². The molecule has 1 aliphatic rings. The number of ether oxygens (including phenoxy) is 1. The number of nitrogens with zero attached hydrogens (tertiary/aromatic N) is 3. The van der Waals surface area contributed by atoms with Crippen LogP contribution in [0.3, 0.4) is 0 Å². The number of hydrogen-bond donors (Lipinski definition) is 3. The fourth-order valence-corrected chi connectivity index (χ4v) is 4.06. The number of aliphatic hydroxyl groups is 1. The summed E-state index contributed by atoms with van der Waals surface area (Å²) < 4.78 is 30.1. The average Bonchev–Trinajstić information content (AvgIpc) is 2.75. The largest absolute Gasteiger partial charge is 0.489 e. The molecule has 3 rings (SSSR count). The van der Waals surface area contributed by atoms with Crippen LogP contribution in [0.25, 0.3) is 0 Å². The molecule has 1 aliphatic heterocycles. The average molecular weight is 558 g/mol. The smallest absolute Gasteiger partial charge is 0.328 e. The molecule has 1 saturated heterocycles. The molecule has 0 aromatic heterocycles. The first-order valence-corrected chi connectivity index (χ1v) is 13.3. The van der Waals surface area contributed by atoms with Crippen molar-refractivity contribution in [2.75, 3.05) is 12.8 Å². The van der Waals surface area contributed by atoms with Gasteiger partial charge in [0.15, 0.2) is 0 Å². The first-order valence-electron chi connectivity index (χ1n) is 10.6. The van der Waals surface area contributed by atoms with Gasteiger partial charge in [0.1, 0.15) is 12.3 Å². The number of amides is 3. The molecule has 11 nitrogen and oxygen atoms in total. The quantitative estimate of drug-likeness (QED) is 0.453. The minimum Gasteiger partial charge on any atom is -0.489 e. The van der Waals surface area contributed by atoms with Crippen molar-refractivity contribution in [1.82, 2.24) is 19.8 Å². The maximum Gasteiger partial charge on any atom is 0.328 e. The van der Waals surface area contributed by atoms with Crippen LogP contribution in [0.1, 0.15) is 19.4 Å². The summed E-state index contributed by atoms with van der Waals surface area (Å²) in [6.45, 7) is 3.06. The number of carbonyl (C=O) groups is 2. The zero-order valence-electron chi connectivity index (χ0n) is 19.6. The summed E-state index contributed by atoms with van der Waals surface area (Å²) in [6, 6.07) is 10.7. The number of rotatable bonds is 8. The molecule has 3 amide bonds. The predicted molar refractivity (Wildman–Crippen MR) is 136 cm³/mol. The number of guanidine groups is 1. The van der Waals surface area contributed by atoms with Crippen molar-refractivity contribution in [3.05, 3.63) is 58.1 Å². The maximum atomic E-state index is 12.7. The number of hydrogen-bond acceptors (Lipinski definition) is 7. The van der Waals surface area contributed by atoms with Gasteiger partial charge in [0.25, 0.3) is 5.91 Å². The van der Waals surface area contributed by atoms with Crippen molar-refractivity contribution in [2.24, 2.45) is 4.99 Å². The highest BCUT2D eigenvalue weighted by atomic mass is 35.5. The first kappa shape index (κ1) is 27.5. The summed E-state index contributed by atoms with van der Waals surface area (Å²) in [5.41, 5.74) is 1.07. The number of aliphatic hydroxyl groups excluding tert-OH is 1. The second-order valence-electron chi connectivity index (χ2n) is 8.17. The molecule has 14 heteroatoms. The van der Waals surface area contributed by atoms with E-state index in [1.54, 1.807) is 41.1 Å². The summed E-state index contributed by atoms with van der Waals surface area (Å²) in [7, 11) is -3.85. The molecular formula is C22H25Cl2N5O6S. The van der Waals surface area contributed by atoms with Crippen molar-refractivity contribution >= 4 is 56.8 Å². The molecule has 3 N–H and O–H groups in total. The summed E-state index contributed by atoms with van der Waals surface area (Å²) in [5.74, 6) is -0.550. The molecule has 1 fully saturated rings. The molecule has 2 aromatic carbocycles. The van der Waals surface area contributed by atoms with Crippen molar-refractivity contribution in [3.8, 4) is 5.75 Å². The summed E-state index contributed by atoms with van der Waals surface area (Å²) in [6.07, 6.45) is -0.941. The highest BCUT2D eigenvalue weighted by Gasteiger charge is 2.37. The zero-order valence-corrected chi connectivity index (χ0v) is 21.9. The van der Waals surface area contributed by atoms with Gasteiger partial charge < -0.3 is 9.84 Å².